The van der Waals surface area contributed by atoms with E-state index in [1.54, 1.807) is 14.2 Å². The Morgan fingerprint density at radius 3 is 2.38 bits per heavy atom. The second kappa shape index (κ2) is 8.58. The van der Waals surface area contributed by atoms with E-state index >= 15 is 0 Å². The Balaban J connectivity index is 1.56. The molecule has 1 aliphatic heterocycles. The first kappa shape index (κ1) is 18.8. The molecular formula is C19H28N4O2S. The number of ether oxygens (including phenoxy) is 2. The lowest BCUT2D eigenvalue weighted by atomic mass is 10.0. The van der Waals surface area contributed by atoms with E-state index in [4.69, 9.17) is 14.5 Å². The van der Waals surface area contributed by atoms with Crippen LogP contribution in [0.5, 0.6) is 11.5 Å². The van der Waals surface area contributed by atoms with Crippen molar-refractivity contribution in [2.45, 2.75) is 39.2 Å². The molecule has 1 saturated heterocycles. The lowest BCUT2D eigenvalue weighted by Crippen LogP contribution is -2.39. The zero-order valence-electron chi connectivity index (χ0n) is 16.0. The Kier molecular flexibility index (Phi) is 6.19. The van der Waals surface area contributed by atoms with Crippen LogP contribution in [0.4, 0.5) is 10.8 Å². The molecule has 0 saturated carbocycles. The van der Waals surface area contributed by atoms with E-state index in [0.717, 1.165) is 60.5 Å². The zero-order chi connectivity index (χ0) is 18.5. The van der Waals surface area contributed by atoms with Crippen LogP contribution in [0.1, 0.15) is 32.5 Å². The molecule has 2 aromatic rings. The summed E-state index contributed by atoms with van der Waals surface area (Å²) in [7, 11) is 3.35. The normalized spacial score (nSPS) is 15.3. The molecule has 7 heteroatoms. The van der Waals surface area contributed by atoms with Crippen molar-refractivity contribution in [3.05, 3.63) is 24.0 Å². The zero-order valence-corrected chi connectivity index (χ0v) is 16.8. The van der Waals surface area contributed by atoms with Gasteiger partial charge in [0.2, 0.25) is 5.13 Å². The number of anilines is 2. The van der Waals surface area contributed by atoms with Crippen molar-refractivity contribution in [3.8, 4) is 11.5 Å². The lowest BCUT2D eigenvalue weighted by molar-refractivity contribution is 0.394. The van der Waals surface area contributed by atoms with Gasteiger partial charge >= 0.3 is 0 Å². The average Bonchev–Trinajstić information content (AvgIpc) is 3.09. The third kappa shape index (κ3) is 4.78. The molecule has 3 rings (SSSR count). The first-order chi connectivity index (χ1) is 12.6. The molecular weight excluding hydrogens is 348 g/mol. The number of benzene rings is 1. The van der Waals surface area contributed by atoms with Crippen molar-refractivity contribution < 1.29 is 9.47 Å². The third-order valence-electron chi connectivity index (χ3n) is 4.54. The monoisotopic (exact) mass is 376 g/mol. The van der Waals surface area contributed by atoms with Crippen molar-refractivity contribution in [2.24, 2.45) is 5.92 Å². The first-order valence-electron chi connectivity index (χ1n) is 9.14. The predicted octanol–water partition coefficient (Wildman–Crippen LogP) is 3.83. The fraction of sp³-hybridized carbons (Fsp3) is 0.579. The summed E-state index contributed by atoms with van der Waals surface area (Å²) in [6, 6.07) is 6.35. The van der Waals surface area contributed by atoms with Gasteiger partial charge in [-0.1, -0.05) is 13.8 Å². The standard InChI is InChI=1S/C19H28N4O2S/c1-13(2)9-18-21-19(26-22-18)23-7-5-14(6-8-23)20-15-10-16(24-3)12-17(11-15)25-4/h10-14,20H,5-9H2,1-4H3. The largest absolute Gasteiger partial charge is 0.497 e. The number of methoxy groups -OCH3 is 2. The van der Waals surface area contributed by atoms with Crippen LogP contribution in [0.3, 0.4) is 0 Å². The highest BCUT2D eigenvalue weighted by molar-refractivity contribution is 7.09. The maximum absolute atomic E-state index is 5.35. The Morgan fingerprint density at radius 2 is 1.81 bits per heavy atom. The Hall–Kier alpha value is -2.02. The lowest BCUT2D eigenvalue weighted by Gasteiger charge is -2.32. The molecule has 1 aromatic carbocycles. The molecule has 0 atom stereocenters. The van der Waals surface area contributed by atoms with E-state index in [9.17, 15) is 0 Å². The molecule has 2 heterocycles. The van der Waals surface area contributed by atoms with Crippen molar-refractivity contribution in [1.82, 2.24) is 9.36 Å². The van der Waals surface area contributed by atoms with Crippen LogP contribution in [0, 0.1) is 5.92 Å². The summed E-state index contributed by atoms with van der Waals surface area (Å²) in [5.74, 6) is 3.17. The minimum atomic E-state index is 0.436. The molecule has 0 amide bonds. The van der Waals surface area contributed by atoms with Crippen molar-refractivity contribution in [2.75, 3.05) is 37.5 Å². The topological polar surface area (TPSA) is 59.5 Å². The molecule has 1 fully saturated rings. The van der Waals surface area contributed by atoms with Gasteiger partial charge < -0.3 is 19.7 Å². The number of hydrogen-bond acceptors (Lipinski definition) is 7. The minimum Gasteiger partial charge on any atom is -0.497 e. The second-order valence-electron chi connectivity index (χ2n) is 7.10. The van der Waals surface area contributed by atoms with Crippen LogP contribution >= 0.6 is 11.5 Å². The van der Waals surface area contributed by atoms with Crippen LogP contribution in [0.15, 0.2) is 18.2 Å². The van der Waals surface area contributed by atoms with E-state index in [0.29, 0.717) is 12.0 Å². The molecule has 1 N–H and O–H groups in total. The van der Waals surface area contributed by atoms with Gasteiger partial charge in [-0.25, -0.2) is 4.98 Å². The van der Waals surface area contributed by atoms with Crippen molar-refractivity contribution in [1.29, 1.82) is 0 Å². The highest BCUT2D eigenvalue weighted by atomic mass is 32.1. The molecule has 0 bridgehead atoms. The average molecular weight is 377 g/mol. The van der Waals surface area contributed by atoms with Gasteiger partial charge in [-0.2, -0.15) is 4.37 Å². The summed E-state index contributed by atoms with van der Waals surface area (Å²) in [5, 5.41) is 4.67. The van der Waals surface area contributed by atoms with Gasteiger partial charge in [0.15, 0.2) is 0 Å². The van der Waals surface area contributed by atoms with Crippen molar-refractivity contribution in [3.63, 3.8) is 0 Å². The maximum atomic E-state index is 5.35. The fourth-order valence-corrected chi connectivity index (χ4v) is 3.91. The summed E-state index contributed by atoms with van der Waals surface area (Å²) >= 11 is 1.52. The number of aromatic nitrogens is 2. The van der Waals surface area contributed by atoms with Crippen molar-refractivity contribution >= 4 is 22.4 Å². The molecule has 0 radical (unpaired) electrons. The smallest absolute Gasteiger partial charge is 0.205 e. The van der Waals surface area contributed by atoms with Crippen LogP contribution < -0.4 is 19.7 Å². The summed E-state index contributed by atoms with van der Waals surface area (Å²) in [6.07, 6.45) is 3.09. The van der Waals surface area contributed by atoms with Gasteiger partial charge in [0.05, 0.1) is 14.2 Å². The van der Waals surface area contributed by atoms with Crippen LogP contribution in [-0.2, 0) is 6.42 Å². The first-order valence-corrected chi connectivity index (χ1v) is 9.92. The number of nitrogens with one attached hydrogen (secondary N) is 1. The third-order valence-corrected chi connectivity index (χ3v) is 5.35. The summed E-state index contributed by atoms with van der Waals surface area (Å²) in [4.78, 5) is 7.06. The molecule has 1 aromatic heterocycles. The van der Waals surface area contributed by atoms with E-state index in [2.05, 4.69) is 28.4 Å². The van der Waals surface area contributed by atoms with Crippen LogP contribution in [0.2, 0.25) is 0 Å². The fourth-order valence-electron chi connectivity index (χ4n) is 3.16. The second-order valence-corrected chi connectivity index (χ2v) is 7.83. The molecule has 142 valence electrons. The van der Waals surface area contributed by atoms with Gasteiger partial charge in [0.1, 0.15) is 17.3 Å². The number of piperidine rings is 1. The van der Waals surface area contributed by atoms with Crippen LogP contribution in [0.25, 0.3) is 0 Å². The molecule has 0 aliphatic carbocycles. The Bertz CT molecular complexity index is 689. The Labute approximate surface area is 159 Å². The van der Waals surface area contributed by atoms with Gasteiger partial charge in [-0.3, -0.25) is 0 Å². The predicted molar refractivity (Wildman–Crippen MR) is 107 cm³/mol. The minimum absolute atomic E-state index is 0.436. The van der Waals surface area contributed by atoms with E-state index in [1.165, 1.54) is 11.5 Å². The molecule has 6 nitrogen and oxygen atoms in total. The molecule has 0 spiro atoms. The summed E-state index contributed by atoms with van der Waals surface area (Å²) < 4.78 is 15.2. The number of nitrogens with zero attached hydrogens (tertiary/aromatic N) is 3. The maximum Gasteiger partial charge on any atom is 0.205 e. The summed E-state index contributed by atoms with van der Waals surface area (Å²) in [6.45, 7) is 6.39. The molecule has 26 heavy (non-hydrogen) atoms. The van der Waals surface area contributed by atoms with Gasteiger partial charge in [-0.05, 0) is 18.8 Å². The number of rotatable bonds is 7. The summed E-state index contributed by atoms with van der Waals surface area (Å²) in [5.41, 5.74) is 1.04. The van der Waals surface area contributed by atoms with Gasteiger partial charge in [-0.15, -0.1) is 0 Å². The molecule has 0 unspecified atom stereocenters. The van der Waals surface area contributed by atoms with E-state index in [-0.39, 0.29) is 0 Å². The van der Waals surface area contributed by atoms with E-state index < -0.39 is 0 Å². The Morgan fingerprint density at radius 1 is 1.15 bits per heavy atom. The highest BCUT2D eigenvalue weighted by Crippen LogP contribution is 2.28. The quantitative estimate of drug-likeness (QED) is 0.792. The van der Waals surface area contributed by atoms with E-state index in [1.807, 2.05) is 18.2 Å². The SMILES string of the molecule is COc1cc(NC2CCN(c3nc(CC(C)C)ns3)CC2)cc(OC)c1. The van der Waals surface area contributed by atoms with Gasteiger partial charge in [0, 0.05) is 61.0 Å². The van der Waals surface area contributed by atoms with Gasteiger partial charge in [0.25, 0.3) is 0 Å². The number of hydrogen-bond donors (Lipinski definition) is 1. The molecule has 1 aliphatic rings. The highest BCUT2D eigenvalue weighted by Gasteiger charge is 2.22. The van der Waals surface area contributed by atoms with Crippen LogP contribution in [-0.4, -0.2) is 42.7 Å².